The summed E-state index contributed by atoms with van der Waals surface area (Å²) in [5.74, 6) is 0.864. The molecule has 0 aromatic heterocycles. The first-order chi connectivity index (χ1) is 8.88. The predicted octanol–water partition coefficient (Wildman–Crippen LogP) is 1.40. The van der Waals surface area contributed by atoms with Gasteiger partial charge in [-0.2, -0.15) is 0 Å². The van der Waals surface area contributed by atoms with Gasteiger partial charge in [0.15, 0.2) is 0 Å². The van der Waals surface area contributed by atoms with Crippen LogP contribution < -0.4 is 15.8 Å². The largest absolute Gasteiger partial charge is 0.496 e. The third-order valence-corrected chi connectivity index (χ3v) is 3.11. The molecule has 0 saturated heterocycles. The lowest BCUT2D eigenvalue weighted by atomic mass is 9.86. The van der Waals surface area contributed by atoms with Gasteiger partial charge < -0.3 is 20.9 Å². The van der Waals surface area contributed by atoms with Gasteiger partial charge in [0.1, 0.15) is 5.75 Å². The quantitative estimate of drug-likeness (QED) is 0.728. The summed E-state index contributed by atoms with van der Waals surface area (Å²) in [7, 11) is 1.67. The fourth-order valence-electron chi connectivity index (χ4n) is 1.84. The van der Waals surface area contributed by atoms with Crippen molar-refractivity contribution in [3.05, 3.63) is 29.3 Å². The Labute approximate surface area is 116 Å². The van der Waals surface area contributed by atoms with Gasteiger partial charge in [-0.05, 0) is 17.0 Å². The maximum Gasteiger partial charge on any atom is 0.123 e. The summed E-state index contributed by atoms with van der Waals surface area (Å²) in [4.78, 5) is 0. The summed E-state index contributed by atoms with van der Waals surface area (Å²) < 4.78 is 5.37. The highest BCUT2D eigenvalue weighted by atomic mass is 16.5. The first-order valence-electron chi connectivity index (χ1n) is 6.64. The van der Waals surface area contributed by atoms with Gasteiger partial charge in [-0.1, -0.05) is 32.9 Å². The van der Waals surface area contributed by atoms with Gasteiger partial charge in [-0.15, -0.1) is 0 Å². The van der Waals surface area contributed by atoms with Gasteiger partial charge >= 0.3 is 0 Å². The number of nitrogens with one attached hydrogen (secondary N) is 1. The maximum absolute atomic E-state index is 9.43. The summed E-state index contributed by atoms with van der Waals surface area (Å²) >= 11 is 0. The van der Waals surface area contributed by atoms with Crippen LogP contribution in [0, 0.1) is 0 Å². The number of benzene rings is 1. The van der Waals surface area contributed by atoms with Crippen LogP contribution in [-0.2, 0) is 12.0 Å². The molecule has 4 nitrogen and oxygen atoms in total. The number of hydrogen-bond donors (Lipinski definition) is 3. The Kier molecular flexibility index (Phi) is 5.79. The van der Waals surface area contributed by atoms with Crippen molar-refractivity contribution < 1.29 is 9.84 Å². The van der Waals surface area contributed by atoms with Crippen LogP contribution in [0.2, 0.25) is 0 Å². The molecule has 1 aromatic carbocycles. The zero-order valence-corrected chi connectivity index (χ0v) is 12.4. The Morgan fingerprint density at radius 1 is 1.37 bits per heavy atom. The van der Waals surface area contributed by atoms with E-state index in [0.29, 0.717) is 13.1 Å². The standard InChI is InChI=1S/C15H26N2O2/c1-15(2,3)12-5-6-14(19-4)11(7-12)9-17-10-13(18)8-16/h5-7,13,17-18H,8-10,16H2,1-4H3. The van der Waals surface area contributed by atoms with Crippen LogP contribution in [0.4, 0.5) is 0 Å². The van der Waals surface area contributed by atoms with Crippen molar-refractivity contribution in [2.75, 3.05) is 20.2 Å². The normalized spacial score (nSPS) is 13.4. The van der Waals surface area contributed by atoms with Crippen LogP contribution in [0.5, 0.6) is 5.75 Å². The molecule has 1 rings (SSSR count). The van der Waals surface area contributed by atoms with Crippen molar-refractivity contribution >= 4 is 0 Å². The van der Waals surface area contributed by atoms with Crippen molar-refractivity contribution in [3.63, 3.8) is 0 Å². The second-order valence-corrected chi connectivity index (χ2v) is 5.80. The van der Waals surface area contributed by atoms with Crippen LogP contribution in [0.1, 0.15) is 31.9 Å². The number of ether oxygens (including phenoxy) is 1. The fourth-order valence-corrected chi connectivity index (χ4v) is 1.84. The predicted molar refractivity (Wildman–Crippen MR) is 78.5 cm³/mol. The summed E-state index contributed by atoms with van der Waals surface area (Å²) in [5.41, 5.74) is 7.85. The van der Waals surface area contributed by atoms with Gasteiger partial charge in [0.2, 0.25) is 0 Å². The molecule has 0 saturated carbocycles. The van der Waals surface area contributed by atoms with Crippen LogP contribution in [0.25, 0.3) is 0 Å². The van der Waals surface area contributed by atoms with Gasteiger partial charge in [0.05, 0.1) is 13.2 Å². The van der Waals surface area contributed by atoms with E-state index in [4.69, 9.17) is 10.5 Å². The summed E-state index contributed by atoms with van der Waals surface area (Å²) in [6.45, 7) is 7.97. The molecule has 0 fully saturated rings. The van der Waals surface area contributed by atoms with Crippen LogP contribution in [0.15, 0.2) is 18.2 Å². The lowest BCUT2D eigenvalue weighted by Gasteiger charge is -2.21. The molecule has 0 bridgehead atoms. The molecule has 0 aliphatic heterocycles. The number of methoxy groups -OCH3 is 1. The van der Waals surface area contributed by atoms with Crippen LogP contribution >= 0.6 is 0 Å². The van der Waals surface area contributed by atoms with Crippen molar-refractivity contribution in [1.29, 1.82) is 0 Å². The molecule has 1 atom stereocenters. The van der Waals surface area contributed by atoms with E-state index in [0.717, 1.165) is 11.3 Å². The Balaban J connectivity index is 2.79. The zero-order chi connectivity index (χ0) is 14.5. The fraction of sp³-hybridized carbons (Fsp3) is 0.600. The van der Waals surface area contributed by atoms with E-state index >= 15 is 0 Å². The van der Waals surface area contributed by atoms with Crippen molar-refractivity contribution in [2.24, 2.45) is 5.73 Å². The average molecular weight is 266 g/mol. The molecule has 4 N–H and O–H groups in total. The Morgan fingerprint density at radius 3 is 2.58 bits per heavy atom. The molecule has 4 heteroatoms. The average Bonchev–Trinajstić information content (AvgIpc) is 2.37. The highest BCUT2D eigenvalue weighted by Crippen LogP contribution is 2.27. The number of aliphatic hydroxyl groups is 1. The van der Waals surface area contributed by atoms with E-state index in [2.05, 4.69) is 38.2 Å². The SMILES string of the molecule is COc1ccc(C(C)(C)C)cc1CNCC(O)CN. The molecule has 0 heterocycles. The number of aliphatic hydroxyl groups excluding tert-OH is 1. The smallest absolute Gasteiger partial charge is 0.123 e. The monoisotopic (exact) mass is 266 g/mol. The molecule has 0 amide bonds. The zero-order valence-electron chi connectivity index (χ0n) is 12.4. The summed E-state index contributed by atoms with van der Waals surface area (Å²) in [6, 6.07) is 6.24. The lowest BCUT2D eigenvalue weighted by molar-refractivity contribution is 0.179. The molecule has 0 aliphatic rings. The second kappa shape index (κ2) is 6.89. The van der Waals surface area contributed by atoms with Gasteiger partial charge in [-0.3, -0.25) is 0 Å². The van der Waals surface area contributed by atoms with Crippen molar-refractivity contribution in [3.8, 4) is 5.75 Å². The number of nitrogens with two attached hydrogens (primary N) is 1. The van der Waals surface area contributed by atoms with Gasteiger partial charge in [0.25, 0.3) is 0 Å². The third-order valence-electron chi connectivity index (χ3n) is 3.11. The number of hydrogen-bond acceptors (Lipinski definition) is 4. The van der Waals surface area contributed by atoms with E-state index in [-0.39, 0.29) is 12.0 Å². The van der Waals surface area contributed by atoms with E-state index in [9.17, 15) is 5.11 Å². The first kappa shape index (κ1) is 16.0. The second-order valence-electron chi connectivity index (χ2n) is 5.80. The third kappa shape index (κ3) is 4.82. The van der Waals surface area contributed by atoms with Crippen molar-refractivity contribution in [2.45, 2.75) is 38.8 Å². The maximum atomic E-state index is 9.43. The molecule has 1 aromatic rings. The lowest BCUT2D eigenvalue weighted by Crippen LogP contribution is -2.32. The molecule has 1 unspecified atom stereocenters. The minimum atomic E-state index is -0.503. The summed E-state index contributed by atoms with van der Waals surface area (Å²) in [6.07, 6.45) is -0.503. The molecule has 0 spiro atoms. The minimum Gasteiger partial charge on any atom is -0.496 e. The van der Waals surface area contributed by atoms with E-state index in [1.165, 1.54) is 5.56 Å². The molecule has 108 valence electrons. The van der Waals surface area contributed by atoms with Gasteiger partial charge in [0, 0.05) is 25.2 Å². The highest BCUT2D eigenvalue weighted by Gasteiger charge is 2.15. The Morgan fingerprint density at radius 2 is 2.05 bits per heavy atom. The van der Waals surface area contributed by atoms with Crippen LogP contribution in [-0.4, -0.2) is 31.4 Å². The topological polar surface area (TPSA) is 67.5 Å². The molecule has 19 heavy (non-hydrogen) atoms. The Hall–Kier alpha value is -1.10. The van der Waals surface area contributed by atoms with Gasteiger partial charge in [-0.25, -0.2) is 0 Å². The van der Waals surface area contributed by atoms with E-state index < -0.39 is 6.10 Å². The molecular formula is C15H26N2O2. The van der Waals surface area contributed by atoms with E-state index in [1.807, 2.05) is 6.07 Å². The molecular weight excluding hydrogens is 240 g/mol. The Bertz CT molecular complexity index is 400. The molecule has 0 aliphatic carbocycles. The molecule has 0 radical (unpaired) electrons. The highest BCUT2D eigenvalue weighted by molar-refractivity contribution is 5.39. The summed E-state index contributed by atoms with van der Waals surface area (Å²) in [5, 5.41) is 12.6. The first-order valence-corrected chi connectivity index (χ1v) is 6.64. The number of rotatable bonds is 6. The van der Waals surface area contributed by atoms with Crippen molar-refractivity contribution in [1.82, 2.24) is 5.32 Å². The van der Waals surface area contributed by atoms with E-state index in [1.54, 1.807) is 7.11 Å². The van der Waals surface area contributed by atoms with Crippen LogP contribution in [0.3, 0.4) is 0 Å². The minimum absolute atomic E-state index is 0.109.